The van der Waals surface area contributed by atoms with Gasteiger partial charge in [-0.25, -0.2) is 4.39 Å². The summed E-state index contributed by atoms with van der Waals surface area (Å²) in [4.78, 5) is 0. The van der Waals surface area contributed by atoms with E-state index in [4.69, 9.17) is 10.5 Å². The van der Waals surface area contributed by atoms with Crippen molar-refractivity contribution in [3.8, 4) is 5.75 Å². The second kappa shape index (κ2) is 4.97. The standard InChI is InChI=1S/C12H13BrFN3O/c1-7-12(13)10(17(2)16-7)6-18-11-4-3-8(14)5-9(11)15/h3-5H,6,15H2,1-2H3. The molecule has 0 saturated carbocycles. The minimum atomic E-state index is -0.377. The lowest BCUT2D eigenvalue weighted by Crippen LogP contribution is -2.05. The highest BCUT2D eigenvalue weighted by atomic mass is 79.9. The van der Waals surface area contributed by atoms with Crippen LogP contribution in [0.1, 0.15) is 11.4 Å². The van der Waals surface area contributed by atoms with Gasteiger partial charge in [-0.3, -0.25) is 4.68 Å². The Morgan fingerprint density at radius 3 is 2.78 bits per heavy atom. The van der Waals surface area contributed by atoms with E-state index in [1.807, 2.05) is 14.0 Å². The normalized spacial score (nSPS) is 10.7. The molecule has 0 aliphatic rings. The van der Waals surface area contributed by atoms with Gasteiger partial charge in [-0.05, 0) is 35.0 Å². The largest absolute Gasteiger partial charge is 0.485 e. The fraction of sp³-hybridized carbons (Fsp3) is 0.250. The zero-order valence-corrected chi connectivity index (χ0v) is 11.7. The summed E-state index contributed by atoms with van der Waals surface area (Å²) < 4.78 is 21.1. The first-order valence-electron chi connectivity index (χ1n) is 5.35. The number of ether oxygens (including phenoxy) is 1. The van der Waals surface area contributed by atoms with Gasteiger partial charge in [-0.15, -0.1) is 0 Å². The van der Waals surface area contributed by atoms with Crippen molar-refractivity contribution in [1.29, 1.82) is 0 Å². The van der Waals surface area contributed by atoms with E-state index in [9.17, 15) is 4.39 Å². The van der Waals surface area contributed by atoms with Crippen molar-refractivity contribution < 1.29 is 9.13 Å². The van der Waals surface area contributed by atoms with E-state index in [0.29, 0.717) is 12.4 Å². The van der Waals surface area contributed by atoms with Gasteiger partial charge in [-0.1, -0.05) is 0 Å². The van der Waals surface area contributed by atoms with E-state index >= 15 is 0 Å². The molecule has 0 saturated heterocycles. The summed E-state index contributed by atoms with van der Waals surface area (Å²) >= 11 is 3.45. The van der Waals surface area contributed by atoms with E-state index < -0.39 is 0 Å². The molecule has 2 rings (SSSR count). The molecule has 1 aromatic heterocycles. The lowest BCUT2D eigenvalue weighted by Gasteiger charge is -2.09. The molecule has 4 nitrogen and oxygen atoms in total. The number of benzene rings is 1. The third kappa shape index (κ3) is 2.48. The van der Waals surface area contributed by atoms with Gasteiger partial charge < -0.3 is 10.5 Å². The van der Waals surface area contributed by atoms with Gasteiger partial charge in [0.05, 0.1) is 21.5 Å². The van der Waals surface area contributed by atoms with Gasteiger partial charge in [0.25, 0.3) is 0 Å². The molecule has 0 bridgehead atoms. The zero-order chi connectivity index (χ0) is 13.3. The number of halogens is 2. The maximum Gasteiger partial charge on any atom is 0.142 e. The van der Waals surface area contributed by atoms with Crippen LogP contribution in [0.15, 0.2) is 22.7 Å². The number of nitrogens with two attached hydrogens (primary N) is 1. The molecule has 0 fully saturated rings. The van der Waals surface area contributed by atoms with E-state index in [-0.39, 0.29) is 11.5 Å². The zero-order valence-electron chi connectivity index (χ0n) is 10.1. The molecule has 0 aliphatic carbocycles. The summed E-state index contributed by atoms with van der Waals surface area (Å²) in [5.74, 6) is 0.0829. The predicted octanol–water partition coefficient (Wildman–Crippen LogP) is 2.79. The van der Waals surface area contributed by atoms with Crippen LogP contribution in [-0.2, 0) is 13.7 Å². The molecule has 18 heavy (non-hydrogen) atoms. The molecule has 0 spiro atoms. The third-order valence-corrected chi connectivity index (χ3v) is 3.63. The number of hydrogen-bond acceptors (Lipinski definition) is 3. The van der Waals surface area contributed by atoms with Gasteiger partial charge in [-0.2, -0.15) is 5.10 Å². The summed E-state index contributed by atoms with van der Waals surface area (Å²) in [6.07, 6.45) is 0. The average Bonchev–Trinajstić information content (AvgIpc) is 2.53. The Bertz CT molecular complexity index is 583. The van der Waals surface area contributed by atoms with Crippen molar-refractivity contribution in [2.75, 3.05) is 5.73 Å². The van der Waals surface area contributed by atoms with Gasteiger partial charge >= 0.3 is 0 Å². The molecule has 0 amide bonds. The Balaban J connectivity index is 2.16. The summed E-state index contributed by atoms with van der Waals surface area (Å²) in [7, 11) is 1.84. The lowest BCUT2D eigenvalue weighted by atomic mass is 10.3. The molecule has 1 heterocycles. The second-order valence-corrected chi connectivity index (χ2v) is 4.73. The predicted molar refractivity (Wildman–Crippen MR) is 70.8 cm³/mol. The van der Waals surface area contributed by atoms with Crippen molar-refractivity contribution in [1.82, 2.24) is 9.78 Å². The molecule has 2 aromatic rings. The van der Waals surface area contributed by atoms with Crippen LogP contribution in [0.2, 0.25) is 0 Å². The fourth-order valence-electron chi connectivity index (χ4n) is 1.63. The smallest absolute Gasteiger partial charge is 0.142 e. The molecule has 0 unspecified atom stereocenters. The molecular formula is C12H13BrFN3O. The van der Waals surface area contributed by atoms with Gasteiger partial charge in [0.15, 0.2) is 0 Å². The van der Waals surface area contributed by atoms with E-state index in [1.165, 1.54) is 18.2 Å². The lowest BCUT2D eigenvalue weighted by molar-refractivity contribution is 0.295. The van der Waals surface area contributed by atoms with Gasteiger partial charge in [0.2, 0.25) is 0 Å². The van der Waals surface area contributed by atoms with E-state index in [1.54, 1.807) is 4.68 Å². The van der Waals surface area contributed by atoms with Crippen molar-refractivity contribution in [2.45, 2.75) is 13.5 Å². The highest BCUT2D eigenvalue weighted by Crippen LogP contribution is 2.25. The van der Waals surface area contributed by atoms with E-state index in [2.05, 4.69) is 21.0 Å². The number of hydrogen-bond donors (Lipinski definition) is 1. The Kier molecular flexibility index (Phi) is 3.56. The molecule has 1 aromatic carbocycles. The maximum atomic E-state index is 12.9. The van der Waals surface area contributed by atoms with Crippen LogP contribution in [0.4, 0.5) is 10.1 Å². The molecule has 6 heteroatoms. The number of nitrogens with zero attached hydrogens (tertiary/aromatic N) is 2. The molecule has 96 valence electrons. The van der Waals surface area contributed by atoms with Crippen molar-refractivity contribution >= 4 is 21.6 Å². The van der Waals surface area contributed by atoms with Crippen molar-refractivity contribution in [3.63, 3.8) is 0 Å². The van der Waals surface area contributed by atoms with Crippen LogP contribution >= 0.6 is 15.9 Å². The number of aryl methyl sites for hydroxylation is 2. The molecule has 0 radical (unpaired) electrons. The van der Waals surface area contributed by atoms with E-state index in [0.717, 1.165) is 15.9 Å². The molecule has 0 aliphatic heterocycles. The van der Waals surface area contributed by atoms with Crippen LogP contribution in [-0.4, -0.2) is 9.78 Å². The van der Waals surface area contributed by atoms with Crippen LogP contribution in [0.3, 0.4) is 0 Å². The average molecular weight is 314 g/mol. The number of anilines is 1. The number of rotatable bonds is 3. The van der Waals surface area contributed by atoms with Crippen molar-refractivity contribution in [3.05, 3.63) is 39.9 Å². The molecule has 2 N–H and O–H groups in total. The Morgan fingerprint density at radius 1 is 1.50 bits per heavy atom. The monoisotopic (exact) mass is 313 g/mol. The minimum absolute atomic E-state index is 0.282. The molecular weight excluding hydrogens is 301 g/mol. The van der Waals surface area contributed by atoms with Crippen LogP contribution in [0.5, 0.6) is 5.75 Å². The minimum Gasteiger partial charge on any atom is -0.485 e. The van der Waals surface area contributed by atoms with Crippen LogP contribution < -0.4 is 10.5 Å². The third-order valence-electron chi connectivity index (χ3n) is 2.60. The number of aromatic nitrogens is 2. The Morgan fingerprint density at radius 2 is 2.22 bits per heavy atom. The summed E-state index contributed by atoms with van der Waals surface area (Å²) in [6, 6.07) is 4.07. The maximum absolute atomic E-state index is 12.9. The first-order chi connectivity index (χ1) is 8.49. The Labute approximate surface area is 113 Å². The van der Waals surface area contributed by atoms with Gasteiger partial charge in [0, 0.05) is 13.1 Å². The summed E-state index contributed by atoms with van der Waals surface area (Å²) in [6.45, 7) is 2.22. The highest BCUT2D eigenvalue weighted by molar-refractivity contribution is 9.10. The topological polar surface area (TPSA) is 53.1 Å². The first-order valence-corrected chi connectivity index (χ1v) is 6.14. The first kappa shape index (κ1) is 12.9. The summed E-state index contributed by atoms with van der Waals surface area (Å²) in [5.41, 5.74) is 7.74. The Hall–Kier alpha value is -1.56. The molecule has 0 atom stereocenters. The highest BCUT2D eigenvalue weighted by Gasteiger charge is 2.12. The fourth-order valence-corrected chi connectivity index (χ4v) is 2.08. The second-order valence-electron chi connectivity index (χ2n) is 3.94. The van der Waals surface area contributed by atoms with Crippen molar-refractivity contribution in [2.24, 2.45) is 7.05 Å². The quantitative estimate of drug-likeness (QED) is 0.886. The van der Waals surface area contributed by atoms with Crippen LogP contribution in [0, 0.1) is 12.7 Å². The number of nitrogen functional groups attached to an aromatic ring is 1. The summed E-state index contributed by atoms with van der Waals surface area (Å²) in [5, 5.41) is 4.26. The van der Waals surface area contributed by atoms with Crippen LogP contribution in [0.25, 0.3) is 0 Å². The van der Waals surface area contributed by atoms with Gasteiger partial charge in [0.1, 0.15) is 18.2 Å². The SMILES string of the molecule is Cc1nn(C)c(COc2ccc(F)cc2N)c1Br.